The lowest BCUT2D eigenvalue weighted by Gasteiger charge is -2.16. The Morgan fingerprint density at radius 3 is 2.74 bits per heavy atom. The average molecular weight is 288 g/mol. The van der Waals surface area contributed by atoms with Crippen LogP contribution in [0.4, 0.5) is 0 Å². The Morgan fingerprint density at radius 1 is 1.53 bits per heavy atom. The summed E-state index contributed by atoms with van der Waals surface area (Å²) in [5.41, 5.74) is 5.38. The molecule has 0 bridgehead atoms. The molecule has 1 rings (SSSR count). The van der Waals surface area contributed by atoms with Crippen molar-refractivity contribution >= 4 is 15.7 Å². The van der Waals surface area contributed by atoms with Gasteiger partial charge in [0.1, 0.15) is 4.90 Å². The number of nitrogens with two attached hydrogens (primary N) is 1. The predicted molar refractivity (Wildman–Crippen MR) is 71.3 cm³/mol. The number of rotatable bonds is 7. The summed E-state index contributed by atoms with van der Waals surface area (Å²) in [4.78, 5) is 13.5. The molecule has 0 aliphatic heterocycles. The van der Waals surface area contributed by atoms with Crippen LogP contribution in [0.1, 0.15) is 12.8 Å². The van der Waals surface area contributed by atoms with Gasteiger partial charge in [0.2, 0.25) is 5.91 Å². The second-order valence-corrected chi connectivity index (χ2v) is 6.43. The quantitative estimate of drug-likeness (QED) is 0.728. The number of carbonyl (C=O) groups is 1. The largest absolute Gasteiger partial charge is 0.346 e. The monoisotopic (exact) mass is 288 g/mol. The molecule has 0 saturated heterocycles. The summed E-state index contributed by atoms with van der Waals surface area (Å²) < 4.78 is 24.0. The number of carbonyl (C=O) groups excluding carboxylic acids is 1. The SMILES string of the molecule is CN(CCCN)C(=O)CCn1cc(S(C)(=O)=O)cn1. The molecule has 0 radical (unpaired) electrons. The zero-order valence-electron chi connectivity index (χ0n) is 11.2. The molecule has 0 atom stereocenters. The standard InChI is InChI=1S/C11H20N4O3S/c1-14(6-3-5-12)11(16)4-7-15-9-10(8-13-15)19(2,17)18/h8-9H,3-7,12H2,1-2H3. The van der Waals surface area contributed by atoms with Crippen LogP contribution in [0.15, 0.2) is 17.3 Å². The van der Waals surface area contributed by atoms with Crippen molar-refractivity contribution in [3.05, 3.63) is 12.4 Å². The van der Waals surface area contributed by atoms with E-state index in [4.69, 9.17) is 5.73 Å². The number of amides is 1. The lowest BCUT2D eigenvalue weighted by Crippen LogP contribution is -2.29. The average Bonchev–Trinajstić information content (AvgIpc) is 2.81. The first-order valence-corrected chi connectivity index (χ1v) is 7.90. The smallest absolute Gasteiger partial charge is 0.224 e. The highest BCUT2D eigenvalue weighted by Gasteiger charge is 2.12. The summed E-state index contributed by atoms with van der Waals surface area (Å²) in [6, 6.07) is 0. The van der Waals surface area contributed by atoms with Crippen LogP contribution < -0.4 is 5.73 Å². The van der Waals surface area contributed by atoms with Crippen molar-refractivity contribution < 1.29 is 13.2 Å². The van der Waals surface area contributed by atoms with Crippen LogP contribution in [0.2, 0.25) is 0 Å². The zero-order chi connectivity index (χ0) is 14.5. The van der Waals surface area contributed by atoms with Gasteiger partial charge in [0.15, 0.2) is 9.84 Å². The van der Waals surface area contributed by atoms with Crippen LogP contribution >= 0.6 is 0 Å². The molecule has 1 heterocycles. The van der Waals surface area contributed by atoms with Gasteiger partial charge in [-0.25, -0.2) is 8.42 Å². The van der Waals surface area contributed by atoms with E-state index >= 15 is 0 Å². The Balaban J connectivity index is 2.49. The first kappa shape index (κ1) is 15.6. The predicted octanol–water partition coefficient (Wildman–Crippen LogP) is -0.516. The topological polar surface area (TPSA) is 98.3 Å². The molecule has 1 amide bonds. The summed E-state index contributed by atoms with van der Waals surface area (Å²) in [6.45, 7) is 1.54. The van der Waals surface area contributed by atoms with E-state index in [1.54, 1.807) is 11.9 Å². The Kier molecular flexibility index (Phi) is 5.49. The normalized spacial score (nSPS) is 11.5. The molecule has 0 saturated carbocycles. The summed E-state index contributed by atoms with van der Waals surface area (Å²) >= 11 is 0. The van der Waals surface area contributed by atoms with Crippen molar-refractivity contribution in [1.29, 1.82) is 0 Å². The van der Waals surface area contributed by atoms with Crippen LogP contribution in [0.3, 0.4) is 0 Å². The number of aryl methyl sites for hydroxylation is 1. The Morgan fingerprint density at radius 2 is 2.21 bits per heavy atom. The van der Waals surface area contributed by atoms with E-state index in [-0.39, 0.29) is 17.2 Å². The van der Waals surface area contributed by atoms with Crippen molar-refractivity contribution in [2.45, 2.75) is 24.3 Å². The van der Waals surface area contributed by atoms with Crippen molar-refractivity contribution in [1.82, 2.24) is 14.7 Å². The first-order chi connectivity index (χ1) is 8.84. The van der Waals surface area contributed by atoms with E-state index in [1.165, 1.54) is 17.1 Å². The zero-order valence-corrected chi connectivity index (χ0v) is 12.1. The number of nitrogens with zero attached hydrogens (tertiary/aromatic N) is 3. The Bertz CT molecular complexity index is 524. The summed E-state index contributed by atoms with van der Waals surface area (Å²) in [6.07, 6.45) is 4.90. The third-order valence-corrected chi connectivity index (χ3v) is 3.78. The van der Waals surface area contributed by atoms with E-state index in [1.807, 2.05) is 0 Å². The van der Waals surface area contributed by atoms with Crippen LogP contribution in [0.5, 0.6) is 0 Å². The summed E-state index contributed by atoms with van der Waals surface area (Å²) in [7, 11) is -1.52. The lowest BCUT2D eigenvalue weighted by molar-refractivity contribution is -0.130. The molecule has 19 heavy (non-hydrogen) atoms. The van der Waals surface area contributed by atoms with Gasteiger partial charge in [0, 0.05) is 39.0 Å². The van der Waals surface area contributed by atoms with E-state index in [9.17, 15) is 13.2 Å². The second kappa shape index (κ2) is 6.67. The van der Waals surface area contributed by atoms with Crippen molar-refractivity contribution in [2.24, 2.45) is 5.73 Å². The highest BCUT2D eigenvalue weighted by molar-refractivity contribution is 7.90. The summed E-state index contributed by atoms with van der Waals surface area (Å²) in [5.74, 6) is -0.00939. The van der Waals surface area contributed by atoms with Crippen LogP contribution in [0, 0.1) is 0 Å². The van der Waals surface area contributed by atoms with Gasteiger partial charge in [0.05, 0.1) is 6.20 Å². The molecule has 1 aromatic heterocycles. The second-order valence-electron chi connectivity index (χ2n) is 4.42. The third-order valence-electron chi connectivity index (χ3n) is 2.72. The maximum absolute atomic E-state index is 11.8. The maximum atomic E-state index is 11.8. The van der Waals surface area contributed by atoms with E-state index in [0.29, 0.717) is 19.6 Å². The number of aromatic nitrogens is 2. The number of sulfone groups is 1. The first-order valence-electron chi connectivity index (χ1n) is 6.01. The molecule has 1 aromatic rings. The molecule has 7 nitrogen and oxygen atoms in total. The highest BCUT2D eigenvalue weighted by atomic mass is 32.2. The molecular weight excluding hydrogens is 268 g/mol. The van der Waals surface area contributed by atoms with Gasteiger partial charge >= 0.3 is 0 Å². The molecule has 0 spiro atoms. The van der Waals surface area contributed by atoms with Gasteiger partial charge in [0.25, 0.3) is 0 Å². The fourth-order valence-corrected chi connectivity index (χ4v) is 2.06. The van der Waals surface area contributed by atoms with Crippen molar-refractivity contribution in [3.63, 3.8) is 0 Å². The van der Waals surface area contributed by atoms with Gasteiger partial charge in [-0.1, -0.05) is 0 Å². The molecule has 0 aliphatic carbocycles. The van der Waals surface area contributed by atoms with Crippen LogP contribution in [-0.4, -0.2) is 55.4 Å². The molecular formula is C11H20N4O3S. The number of hydrogen-bond acceptors (Lipinski definition) is 5. The van der Waals surface area contributed by atoms with Gasteiger partial charge in [-0.2, -0.15) is 5.10 Å². The minimum Gasteiger partial charge on any atom is -0.346 e. The van der Waals surface area contributed by atoms with E-state index < -0.39 is 9.84 Å². The molecule has 0 unspecified atom stereocenters. The number of hydrogen-bond donors (Lipinski definition) is 1. The van der Waals surface area contributed by atoms with Crippen molar-refractivity contribution in [3.8, 4) is 0 Å². The molecule has 2 N–H and O–H groups in total. The van der Waals surface area contributed by atoms with Crippen molar-refractivity contribution in [2.75, 3.05) is 26.4 Å². The minimum atomic E-state index is -3.24. The molecule has 108 valence electrons. The van der Waals surface area contributed by atoms with Gasteiger partial charge in [-0.05, 0) is 13.0 Å². The lowest BCUT2D eigenvalue weighted by atomic mass is 10.3. The fourth-order valence-electron chi connectivity index (χ4n) is 1.51. The van der Waals surface area contributed by atoms with E-state index in [0.717, 1.165) is 12.7 Å². The van der Waals surface area contributed by atoms with Crippen LogP contribution in [-0.2, 0) is 21.2 Å². The highest BCUT2D eigenvalue weighted by Crippen LogP contribution is 2.07. The van der Waals surface area contributed by atoms with Crippen LogP contribution in [0.25, 0.3) is 0 Å². The van der Waals surface area contributed by atoms with E-state index in [2.05, 4.69) is 5.10 Å². The minimum absolute atomic E-state index is 0.00939. The Hall–Kier alpha value is -1.41. The molecule has 8 heteroatoms. The van der Waals surface area contributed by atoms with Gasteiger partial charge in [-0.15, -0.1) is 0 Å². The van der Waals surface area contributed by atoms with Gasteiger partial charge in [-0.3, -0.25) is 9.48 Å². The molecule has 0 fully saturated rings. The van der Waals surface area contributed by atoms with Gasteiger partial charge < -0.3 is 10.6 Å². The fraction of sp³-hybridized carbons (Fsp3) is 0.636. The third kappa shape index (κ3) is 4.99. The summed E-state index contributed by atoms with van der Waals surface area (Å²) in [5, 5.41) is 3.92. The molecule has 0 aromatic carbocycles. The maximum Gasteiger partial charge on any atom is 0.224 e. The Labute approximate surface area is 113 Å². The molecule has 0 aliphatic rings.